The maximum Gasteiger partial charge on any atom is 0.226 e. The first-order valence-electron chi connectivity index (χ1n) is 4.94. The van der Waals surface area contributed by atoms with Gasteiger partial charge in [-0.2, -0.15) is 0 Å². The lowest BCUT2D eigenvalue weighted by Crippen LogP contribution is -2.32. The van der Waals surface area contributed by atoms with Crippen LogP contribution in [0.1, 0.15) is 20.3 Å². The highest BCUT2D eigenvalue weighted by Crippen LogP contribution is 2.33. The maximum absolute atomic E-state index is 13.4. The van der Waals surface area contributed by atoms with Crippen LogP contribution in [0.25, 0.3) is 0 Å². The van der Waals surface area contributed by atoms with Gasteiger partial charge in [-0.25, -0.2) is 4.39 Å². The summed E-state index contributed by atoms with van der Waals surface area (Å²) in [5, 5.41) is 5.90. The van der Waals surface area contributed by atoms with E-state index in [1.165, 1.54) is 6.07 Å². The van der Waals surface area contributed by atoms with Crippen molar-refractivity contribution in [2.24, 2.45) is 0 Å². The van der Waals surface area contributed by atoms with Crippen LogP contribution in [0.2, 0.25) is 0 Å². The summed E-state index contributed by atoms with van der Waals surface area (Å²) in [5.41, 5.74) is 0.829. The number of benzene rings is 1. The second kappa shape index (κ2) is 3.73. The number of hydrogen-bond donors (Lipinski definition) is 2. The summed E-state index contributed by atoms with van der Waals surface area (Å²) < 4.78 is 13.7. The molecule has 0 aromatic heterocycles. The Balaban J connectivity index is 2.50. The van der Waals surface area contributed by atoms with E-state index in [-0.39, 0.29) is 17.3 Å². The van der Waals surface area contributed by atoms with Crippen molar-refractivity contribution in [2.75, 3.05) is 10.6 Å². The van der Waals surface area contributed by atoms with E-state index in [1.807, 2.05) is 13.8 Å². The number of carbonyl (C=O) groups excluding carboxylic acids is 1. The van der Waals surface area contributed by atoms with Crippen molar-refractivity contribution in [1.82, 2.24) is 0 Å². The molecule has 1 aliphatic rings. The third-order valence-electron chi connectivity index (χ3n) is 2.41. The summed E-state index contributed by atoms with van der Waals surface area (Å²) in [4.78, 5) is 11.6. The molecular formula is C11H12BrFN2O. The molecule has 0 spiro atoms. The molecule has 3 nitrogen and oxygen atoms in total. The van der Waals surface area contributed by atoms with Crippen LogP contribution in [-0.2, 0) is 4.79 Å². The Labute approximate surface area is 102 Å². The zero-order valence-electron chi connectivity index (χ0n) is 9.03. The number of amides is 1. The van der Waals surface area contributed by atoms with Crippen LogP contribution in [0.4, 0.5) is 15.8 Å². The second-order valence-electron chi connectivity index (χ2n) is 4.55. The first kappa shape index (κ1) is 11.4. The molecule has 0 bridgehead atoms. The molecule has 2 rings (SSSR count). The summed E-state index contributed by atoms with van der Waals surface area (Å²) >= 11 is 3.09. The minimum Gasteiger partial charge on any atom is -0.378 e. The molecule has 0 atom stereocenters. The number of fused-ring (bicyclic) bond motifs is 1. The molecule has 1 heterocycles. The van der Waals surface area contributed by atoms with Gasteiger partial charge in [0.2, 0.25) is 5.91 Å². The van der Waals surface area contributed by atoms with Crippen LogP contribution >= 0.6 is 15.9 Å². The normalized spacial score (nSPS) is 18.1. The third kappa shape index (κ3) is 2.19. The van der Waals surface area contributed by atoms with E-state index in [0.29, 0.717) is 22.3 Å². The smallest absolute Gasteiger partial charge is 0.226 e. The van der Waals surface area contributed by atoms with Crippen LogP contribution in [0, 0.1) is 5.82 Å². The van der Waals surface area contributed by atoms with Crippen LogP contribution in [0.3, 0.4) is 0 Å². The van der Waals surface area contributed by atoms with Gasteiger partial charge in [-0.3, -0.25) is 4.79 Å². The molecule has 0 saturated heterocycles. The lowest BCUT2D eigenvalue weighted by molar-refractivity contribution is -0.116. The van der Waals surface area contributed by atoms with Gasteiger partial charge in [0.25, 0.3) is 0 Å². The minimum absolute atomic E-state index is 0.0743. The molecule has 86 valence electrons. The van der Waals surface area contributed by atoms with Crippen LogP contribution in [0.5, 0.6) is 0 Å². The lowest BCUT2D eigenvalue weighted by Gasteiger charge is -2.24. The highest BCUT2D eigenvalue weighted by Gasteiger charge is 2.27. The summed E-state index contributed by atoms with van der Waals surface area (Å²) in [7, 11) is 0. The van der Waals surface area contributed by atoms with Crippen molar-refractivity contribution in [3.8, 4) is 0 Å². The van der Waals surface area contributed by atoms with Gasteiger partial charge in [0.1, 0.15) is 5.82 Å². The minimum atomic E-state index is -0.379. The molecule has 0 unspecified atom stereocenters. The first-order valence-corrected chi connectivity index (χ1v) is 5.74. The summed E-state index contributed by atoms with van der Waals surface area (Å²) in [6.07, 6.45) is 0.348. The van der Waals surface area contributed by atoms with Gasteiger partial charge in [-0.1, -0.05) is 0 Å². The van der Waals surface area contributed by atoms with Crippen molar-refractivity contribution in [2.45, 2.75) is 25.8 Å². The predicted molar refractivity (Wildman–Crippen MR) is 65.0 cm³/mol. The van der Waals surface area contributed by atoms with Crippen LogP contribution < -0.4 is 10.6 Å². The zero-order valence-corrected chi connectivity index (χ0v) is 10.6. The van der Waals surface area contributed by atoms with Gasteiger partial charge in [-0.15, -0.1) is 0 Å². The Morgan fingerprint density at radius 2 is 2.06 bits per heavy atom. The Morgan fingerprint density at radius 1 is 1.38 bits per heavy atom. The van der Waals surface area contributed by atoms with Gasteiger partial charge < -0.3 is 10.6 Å². The fraction of sp³-hybridized carbons (Fsp3) is 0.364. The number of nitrogens with one attached hydrogen (secondary N) is 2. The number of rotatable bonds is 0. The molecule has 2 N–H and O–H groups in total. The highest BCUT2D eigenvalue weighted by atomic mass is 79.9. The van der Waals surface area contributed by atoms with Crippen molar-refractivity contribution in [3.63, 3.8) is 0 Å². The van der Waals surface area contributed by atoms with Crippen molar-refractivity contribution in [1.29, 1.82) is 0 Å². The Bertz CT molecular complexity index is 460. The maximum atomic E-state index is 13.4. The molecule has 1 aromatic carbocycles. The Hall–Kier alpha value is -1.10. The Morgan fingerprint density at radius 3 is 2.75 bits per heavy atom. The van der Waals surface area contributed by atoms with E-state index in [0.717, 1.165) is 0 Å². The van der Waals surface area contributed by atoms with Crippen LogP contribution in [0.15, 0.2) is 16.6 Å². The number of hydrogen-bond acceptors (Lipinski definition) is 2. The van der Waals surface area contributed by atoms with E-state index < -0.39 is 0 Å². The van der Waals surface area contributed by atoms with Crippen molar-refractivity contribution >= 4 is 33.2 Å². The molecule has 1 aromatic rings. The average Bonchev–Trinajstić information content (AvgIpc) is 2.21. The summed E-state index contributed by atoms with van der Waals surface area (Å²) in [6, 6.07) is 2.95. The largest absolute Gasteiger partial charge is 0.378 e. The molecule has 16 heavy (non-hydrogen) atoms. The van der Waals surface area contributed by atoms with Gasteiger partial charge >= 0.3 is 0 Å². The molecule has 0 aliphatic carbocycles. The molecular weight excluding hydrogens is 275 g/mol. The van der Waals surface area contributed by atoms with E-state index in [1.54, 1.807) is 6.07 Å². The van der Waals surface area contributed by atoms with Gasteiger partial charge in [0.05, 0.1) is 15.8 Å². The molecule has 0 fully saturated rings. The van der Waals surface area contributed by atoms with E-state index >= 15 is 0 Å². The SMILES string of the molecule is CC1(C)CC(=O)Nc2cc(Br)c(F)cc2N1. The monoisotopic (exact) mass is 286 g/mol. The fourth-order valence-electron chi connectivity index (χ4n) is 1.76. The van der Waals surface area contributed by atoms with Gasteiger partial charge in [-0.05, 0) is 35.8 Å². The standard InChI is InChI=1S/C11H12BrFN2O/c1-11(2)5-10(16)14-8-3-6(12)7(13)4-9(8)15-11/h3-4,15H,5H2,1-2H3,(H,14,16). The lowest BCUT2D eigenvalue weighted by atomic mass is 10.0. The highest BCUT2D eigenvalue weighted by molar-refractivity contribution is 9.10. The van der Waals surface area contributed by atoms with Crippen molar-refractivity contribution in [3.05, 3.63) is 22.4 Å². The van der Waals surface area contributed by atoms with Gasteiger partial charge in [0, 0.05) is 18.0 Å². The summed E-state index contributed by atoms with van der Waals surface area (Å²) in [6.45, 7) is 3.81. The average molecular weight is 287 g/mol. The molecule has 5 heteroatoms. The molecule has 0 radical (unpaired) electrons. The predicted octanol–water partition coefficient (Wildman–Crippen LogP) is 3.12. The zero-order chi connectivity index (χ0) is 11.9. The third-order valence-corrected chi connectivity index (χ3v) is 3.02. The number of carbonyl (C=O) groups is 1. The number of halogens is 2. The Kier molecular flexibility index (Phi) is 2.66. The van der Waals surface area contributed by atoms with E-state index in [2.05, 4.69) is 26.6 Å². The van der Waals surface area contributed by atoms with Crippen LogP contribution in [-0.4, -0.2) is 11.4 Å². The second-order valence-corrected chi connectivity index (χ2v) is 5.40. The molecule has 1 aliphatic heterocycles. The quantitative estimate of drug-likeness (QED) is 0.769. The topological polar surface area (TPSA) is 41.1 Å². The van der Waals surface area contributed by atoms with Crippen molar-refractivity contribution < 1.29 is 9.18 Å². The molecule has 0 saturated carbocycles. The molecule has 1 amide bonds. The van der Waals surface area contributed by atoms with E-state index in [9.17, 15) is 9.18 Å². The van der Waals surface area contributed by atoms with E-state index in [4.69, 9.17) is 0 Å². The summed E-state index contributed by atoms with van der Waals surface area (Å²) in [5.74, 6) is -0.423. The fourth-order valence-corrected chi connectivity index (χ4v) is 2.10. The van der Waals surface area contributed by atoms with Gasteiger partial charge in [0.15, 0.2) is 0 Å². The number of anilines is 2. The first-order chi connectivity index (χ1) is 7.37.